The molecule has 0 aliphatic rings. The molecule has 0 fully saturated rings. The number of β-amino-alcohol motifs (C(OH)–C–C–N with tert-alkyl or cyclic N) is 1. The van der Waals surface area contributed by atoms with Gasteiger partial charge >= 0.3 is 0 Å². The molecule has 0 saturated carbocycles. The summed E-state index contributed by atoms with van der Waals surface area (Å²) in [5, 5.41) is 21.3. The van der Waals surface area contributed by atoms with Crippen LogP contribution in [0.5, 0.6) is 11.6 Å². The number of nitrogens with zero attached hydrogens (tertiary/aromatic N) is 2. The maximum absolute atomic E-state index is 10.2. The van der Waals surface area contributed by atoms with Crippen LogP contribution in [0.25, 0.3) is 0 Å². The van der Waals surface area contributed by atoms with E-state index in [9.17, 15) is 5.11 Å². The van der Waals surface area contributed by atoms with Gasteiger partial charge in [-0.05, 0) is 26.0 Å². The van der Waals surface area contributed by atoms with Gasteiger partial charge in [0.05, 0.1) is 6.61 Å². The van der Waals surface area contributed by atoms with E-state index < -0.39 is 6.10 Å². The van der Waals surface area contributed by atoms with Crippen LogP contribution in [0, 0.1) is 0 Å². The van der Waals surface area contributed by atoms with Gasteiger partial charge in [-0.25, -0.2) is 5.84 Å². The average molecular weight is 391 g/mol. The number of para-hydroxylation sites is 1. The molecule has 0 bridgehead atoms. The molecule has 1 atom stereocenters. The van der Waals surface area contributed by atoms with E-state index in [0.29, 0.717) is 37.2 Å². The summed E-state index contributed by atoms with van der Waals surface area (Å²) in [6, 6.07) is 11.0. The second kappa shape index (κ2) is 10.8. The predicted molar refractivity (Wildman–Crippen MR) is 106 cm³/mol. The highest BCUT2D eigenvalue weighted by atomic mass is 16.5. The van der Waals surface area contributed by atoms with Crippen LogP contribution >= 0.6 is 0 Å². The first-order chi connectivity index (χ1) is 13.4. The summed E-state index contributed by atoms with van der Waals surface area (Å²) < 4.78 is 16.5. The Balaban J connectivity index is 1.75. The smallest absolute Gasteiger partial charge is 0.233 e. The van der Waals surface area contributed by atoms with Gasteiger partial charge in [0.1, 0.15) is 25.1 Å². The predicted octanol–water partition coefficient (Wildman–Crippen LogP) is 1.10. The SMILES string of the molecule is COCc1ccccc1OCC(O)CNC(C)(C)COc1ccc(NN)nn1. The van der Waals surface area contributed by atoms with Gasteiger partial charge in [-0.15, -0.1) is 10.2 Å². The Morgan fingerprint density at radius 2 is 1.93 bits per heavy atom. The van der Waals surface area contributed by atoms with Crippen LogP contribution in [-0.4, -0.2) is 53.8 Å². The second-order valence-corrected chi connectivity index (χ2v) is 6.96. The lowest BCUT2D eigenvalue weighted by Crippen LogP contribution is -2.48. The van der Waals surface area contributed by atoms with Gasteiger partial charge in [-0.1, -0.05) is 18.2 Å². The number of aliphatic hydroxyl groups is 1. The van der Waals surface area contributed by atoms with Gasteiger partial charge in [-0.3, -0.25) is 0 Å². The fourth-order valence-electron chi connectivity index (χ4n) is 2.34. The monoisotopic (exact) mass is 391 g/mol. The molecule has 1 aromatic heterocycles. The van der Waals surface area contributed by atoms with Crippen LogP contribution in [0.15, 0.2) is 36.4 Å². The minimum atomic E-state index is -0.676. The zero-order valence-corrected chi connectivity index (χ0v) is 16.5. The summed E-state index contributed by atoms with van der Waals surface area (Å²) in [7, 11) is 1.63. The normalized spacial score (nSPS) is 12.5. The highest BCUT2D eigenvalue weighted by Crippen LogP contribution is 2.19. The van der Waals surface area contributed by atoms with Gasteiger partial charge < -0.3 is 30.1 Å². The second-order valence-electron chi connectivity index (χ2n) is 6.96. The molecule has 154 valence electrons. The molecule has 0 saturated heterocycles. The van der Waals surface area contributed by atoms with Crippen molar-refractivity contribution in [1.82, 2.24) is 15.5 Å². The molecule has 2 aromatic rings. The Morgan fingerprint density at radius 1 is 1.14 bits per heavy atom. The Kier molecular flexibility index (Phi) is 8.40. The number of aliphatic hydroxyl groups excluding tert-OH is 1. The van der Waals surface area contributed by atoms with Gasteiger partial charge in [-0.2, -0.15) is 0 Å². The Bertz CT molecular complexity index is 712. The minimum Gasteiger partial charge on any atom is -0.490 e. The van der Waals surface area contributed by atoms with Crippen molar-refractivity contribution in [2.45, 2.75) is 32.1 Å². The first kappa shape index (κ1) is 21.8. The molecular weight excluding hydrogens is 362 g/mol. The summed E-state index contributed by atoms with van der Waals surface area (Å²) >= 11 is 0. The number of ether oxygens (including phenoxy) is 3. The molecule has 0 aliphatic carbocycles. The van der Waals surface area contributed by atoms with Crippen LogP contribution < -0.4 is 26.1 Å². The van der Waals surface area contributed by atoms with E-state index in [1.807, 2.05) is 38.1 Å². The van der Waals surface area contributed by atoms with Gasteiger partial charge in [0.25, 0.3) is 0 Å². The van der Waals surface area contributed by atoms with E-state index in [0.717, 1.165) is 5.56 Å². The summed E-state index contributed by atoms with van der Waals surface area (Å²) in [6.45, 7) is 5.27. The maximum atomic E-state index is 10.2. The van der Waals surface area contributed by atoms with Crippen molar-refractivity contribution >= 4 is 5.82 Å². The largest absolute Gasteiger partial charge is 0.490 e. The van der Waals surface area contributed by atoms with E-state index in [-0.39, 0.29) is 12.1 Å². The molecule has 9 nitrogen and oxygen atoms in total. The van der Waals surface area contributed by atoms with Gasteiger partial charge in [0, 0.05) is 30.8 Å². The van der Waals surface area contributed by atoms with E-state index in [1.54, 1.807) is 19.2 Å². The number of hydrogen-bond donors (Lipinski definition) is 4. The third-order valence-electron chi connectivity index (χ3n) is 3.89. The molecule has 1 aromatic carbocycles. The zero-order chi connectivity index (χ0) is 20.4. The zero-order valence-electron chi connectivity index (χ0n) is 16.5. The van der Waals surface area contributed by atoms with Crippen LogP contribution in [0.4, 0.5) is 5.82 Å². The van der Waals surface area contributed by atoms with E-state index in [4.69, 9.17) is 20.1 Å². The first-order valence-electron chi connectivity index (χ1n) is 8.99. The summed E-state index contributed by atoms with van der Waals surface area (Å²) in [5.41, 5.74) is 2.96. The fourth-order valence-corrected chi connectivity index (χ4v) is 2.34. The molecule has 9 heteroatoms. The standard InChI is InChI=1S/C19H29N5O4/c1-19(2,13-28-18-9-8-17(22-20)23-24-18)21-10-15(25)12-27-16-7-5-4-6-14(16)11-26-3/h4-9,15,21,25H,10-13,20H2,1-3H3,(H,22,23). The van der Waals surface area contributed by atoms with E-state index >= 15 is 0 Å². The van der Waals surface area contributed by atoms with Gasteiger partial charge in [0.2, 0.25) is 5.88 Å². The topological polar surface area (TPSA) is 124 Å². The molecular formula is C19H29N5O4. The number of anilines is 1. The Morgan fingerprint density at radius 3 is 2.61 bits per heavy atom. The number of hydrogen-bond acceptors (Lipinski definition) is 9. The molecule has 1 heterocycles. The number of methoxy groups -OCH3 is 1. The highest BCUT2D eigenvalue weighted by Gasteiger charge is 2.20. The molecule has 2 rings (SSSR count). The molecule has 28 heavy (non-hydrogen) atoms. The van der Waals surface area contributed by atoms with Crippen LogP contribution in [0.2, 0.25) is 0 Å². The van der Waals surface area contributed by atoms with Crippen molar-refractivity contribution in [1.29, 1.82) is 0 Å². The highest BCUT2D eigenvalue weighted by molar-refractivity contribution is 5.33. The number of nitrogen functional groups attached to an aromatic ring is 1. The quantitative estimate of drug-likeness (QED) is 0.311. The number of benzene rings is 1. The van der Waals surface area contributed by atoms with Crippen LogP contribution in [0.1, 0.15) is 19.4 Å². The molecule has 0 spiro atoms. The third-order valence-corrected chi connectivity index (χ3v) is 3.89. The molecule has 0 amide bonds. The average Bonchev–Trinajstić information content (AvgIpc) is 2.71. The summed E-state index contributed by atoms with van der Waals surface area (Å²) in [6.07, 6.45) is -0.676. The van der Waals surface area contributed by atoms with Crippen molar-refractivity contribution in [2.24, 2.45) is 5.84 Å². The summed E-state index contributed by atoms with van der Waals surface area (Å²) in [5.74, 6) is 6.81. The maximum Gasteiger partial charge on any atom is 0.233 e. The van der Waals surface area contributed by atoms with Crippen molar-refractivity contribution in [3.8, 4) is 11.6 Å². The lowest BCUT2D eigenvalue weighted by molar-refractivity contribution is 0.0904. The number of nitrogens with two attached hydrogens (primary N) is 1. The molecule has 5 N–H and O–H groups in total. The lowest BCUT2D eigenvalue weighted by atomic mass is 10.1. The van der Waals surface area contributed by atoms with Crippen LogP contribution in [-0.2, 0) is 11.3 Å². The lowest BCUT2D eigenvalue weighted by Gasteiger charge is -2.27. The third kappa shape index (κ3) is 7.28. The van der Waals surface area contributed by atoms with Crippen molar-refractivity contribution in [3.63, 3.8) is 0 Å². The Labute approximate surface area is 165 Å². The van der Waals surface area contributed by atoms with E-state index in [2.05, 4.69) is 20.9 Å². The van der Waals surface area contributed by atoms with Gasteiger partial charge in [0.15, 0.2) is 5.82 Å². The number of nitrogens with one attached hydrogen (secondary N) is 2. The molecule has 0 aliphatic heterocycles. The van der Waals surface area contributed by atoms with Crippen molar-refractivity contribution in [3.05, 3.63) is 42.0 Å². The molecule has 1 unspecified atom stereocenters. The van der Waals surface area contributed by atoms with Crippen LogP contribution in [0.3, 0.4) is 0 Å². The number of hydrazine groups is 1. The summed E-state index contributed by atoms with van der Waals surface area (Å²) in [4.78, 5) is 0. The number of rotatable bonds is 12. The fraction of sp³-hybridized carbons (Fsp3) is 0.474. The molecule has 0 radical (unpaired) electrons. The first-order valence-corrected chi connectivity index (χ1v) is 8.99. The number of aromatic nitrogens is 2. The Hall–Kier alpha value is -2.46. The van der Waals surface area contributed by atoms with E-state index in [1.165, 1.54) is 0 Å². The van der Waals surface area contributed by atoms with Crippen molar-refractivity contribution < 1.29 is 19.3 Å². The minimum absolute atomic E-state index is 0.170. The van der Waals surface area contributed by atoms with Crippen molar-refractivity contribution in [2.75, 3.05) is 32.3 Å².